The van der Waals surface area contributed by atoms with E-state index in [0.29, 0.717) is 13.0 Å². The van der Waals surface area contributed by atoms with Gasteiger partial charge in [0.05, 0.1) is 25.6 Å². The molecule has 3 nitrogen and oxygen atoms in total. The van der Waals surface area contributed by atoms with Crippen LogP contribution in [-0.4, -0.2) is 25.2 Å². The lowest BCUT2D eigenvalue weighted by Crippen LogP contribution is -2.86. The molecule has 3 heteroatoms. The van der Waals surface area contributed by atoms with E-state index in [1.807, 2.05) is 6.92 Å². The lowest BCUT2D eigenvalue weighted by atomic mass is 10.3. The molecule has 1 rings (SSSR count). The van der Waals surface area contributed by atoms with Gasteiger partial charge in [0, 0.05) is 19.3 Å². The summed E-state index contributed by atoms with van der Waals surface area (Å²) in [4.78, 5) is 10.9. The molecule has 1 fully saturated rings. The summed E-state index contributed by atoms with van der Waals surface area (Å²) >= 11 is 0. The summed E-state index contributed by atoms with van der Waals surface area (Å²) in [6, 6.07) is 0.868. The average Bonchev–Trinajstić information content (AvgIpc) is 2.82. The van der Waals surface area contributed by atoms with E-state index in [0.717, 1.165) is 19.0 Å². The van der Waals surface area contributed by atoms with Gasteiger partial charge in [-0.05, 0) is 6.92 Å². The van der Waals surface area contributed by atoms with E-state index < -0.39 is 0 Å². The minimum atomic E-state index is -0.0540. The molecule has 1 saturated carbocycles. The molecule has 0 bridgehead atoms. The quantitative estimate of drug-likeness (QED) is 0.454. The van der Waals surface area contributed by atoms with Crippen molar-refractivity contribution in [1.29, 1.82) is 0 Å². The lowest BCUT2D eigenvalue weighted by molar-refractivity contribution is -0.668. The van der Waals surface area contributed by atoms with Gasteiger partial charge in [-0.25, -0.2) is 0 Å². The van der Waals surface area contributed by atoms with Crippen LogP contribution in [0.5, 0.6) is 0 Å². The first kappa shape index (κ1) is 9.52. The molecular formula is C9H18NO2+. The van der Waals surface area contributed by atoms with Crippen LogP contribution in [0.3, 0.4) is 0 Å². The highest BCUT2D eigenvalue weighted by Crippen LogP contribution is 2.13. The van der Waals surface area contributed by atoms with Gasteiger partial charge in [-0.15, -0.1) is 0 Å². The van der Waals surface area contributed by atoms with Crippen molar-refractivity contribution in [2.75, 3.05) is 13.2 Å². The summed E-state index contributed by atoms with van der Waals surface area (Å²) in [5.41, 5.74) is 0. The Hall–Kier alpha value is -0.570. The highest BCUT2D eigenvalue weighted by molar-refractivity contribution is 5.69. The van der Waals surface area contributed by atoms with E-state index in [2.05, 4.69) is 5.32 Å². The normalized spacial score (nSPS) is 16.1. The first-order valence-electron chi connectivity index (χ1n) is 4.82. The fourth-order valence-corrected chi connectivity index (χ4v) is 1.17. The maximum atomic E-state index is 10.9. The van der Waals surface area contributed by atoms with E-state index in [9.17, 15) is 4.79 Å². The highest BCUT2D eigenvalue weighted by atomic mass is 16.5. The zero-order valence-electron chi connectivity index (χ0n) is 7.71. The highest BCUT2D eigenvalue weighted by Gasteiger charge is 2.24. The van der Waals surface area contributed by atoms with E-state index in [1.165, 1.54) is 12.8 Å². The van der Waals surface area contributed by atoms with Crippen LogP contribution in [0.4, 0.5) is 0 Å². The Kier molecular flexibility index (Phi) is 4.08. The SMILES string of the molecule is CCOC(=O)CCC[NH2+]C1CC1. The summed E-state index contributed by atoms with van der Waals surface area (Å²) in [5, 5.41) is 2.33. The number of nitrogens with two attached hydrogens (primary N) is 1. The van der Waals surface area contributed by atoms with Crippen LogP contribution in [0.15, 0.2) is 0 Å². The number of quaternary nitrogens is 1. The van der Waals surface area contributed by atoms with E-state index in [4.69, 9.17) is 4.74 Å². The molecule has 2 N–H and O–H groups in total. The molecule has 0 aromatic heterocycles. The van der Waals surface area contributed by atoms with Crippen LogP contribution in [0.25, 0.3) is 0 Å². The Bertz CT molecular complexity index is 143. The van der Waals surface area contributed by atoms with Gasteiger partial charge in [0.1, 0.15) is 0 Å². The minimum Gasteiger partial charge on any atom is -0.466 e. The maximum absolute atomic E-state index is 10.9. The van der Waals surface area contributed by atoms with Crippen molar-refractivity contribution in [3.8, 4) is 0 Å². The van der Waals surface area contributed by atoms with Crippen LogP contribution in [0.2, 0.25) is 0 Å². The van der Waals surface area contributed by atoms with Gasteiger partial charge in [0.15, 0.2) is 0 Å². The average molecular weight is 172 g/mol. The van der Waals surface area contributed by atoms with Crippen molar-refractivity contribution < 1.29 is 14.8 Å². The molecular weight excluding hydrogens is 154 g/mol. The first-order valence-corrected chi connectivity index (χ1v) is 4.82. The third-order valence-electron chi connectivity index (χ3n) is 2.01. The third kappa shape index (κ3) is 4.34. The van der Waals surface area contributed by atoms with Crippen molar-refractivity contribution in [2.24, 2.45) is 0 Å². The second-order valence-corrected chi connectivity index (χ2v) is 3.27. The maximum Gasteiger partial charge on any atom is 0.305 e. The van der Waals surface area contributed by atoms with Crippen molar-refractivity contribution >= 4 is 5.97 Å². The van der Waals surface area contributed by atoms with Gasteiger partial charge in [-0.3, -0.25) is 4.79 Å². The smallest absolute Gasteiger partial charge is 0.305 e. The fourth-order valence-electron chi connectivity index (χ4n) is 1.17. The number of hydrogen-bond donors (Lipinski definition) is 1. The van der Waals surface area contributed by atoms with Gasteiger partial charge in [-0.2, -0.15) is 0 Å². The molecule has 1 aliphatic rings. The summed E-state index contributed by atoms with van der Waals surface area (Å²) in [6.07, 6.45) is 4.26. The van der Waals surface area contributed by atoms with E-state index in [-0.39, 0.29) is 5.97 Å². The number of carbonyl (C=O) groups is 1. The number of ether oxygens (including phenoxy) is 1. The monoisotopic (exact) mass is 172 g/mol. The molecule has 0 radical (unpaired) electrons. The third-order valence-corrected chi connectivity index (χ3v) is 2.01. The van der Waals surface area contributed by atoms with Crippen LogP contribution in [0, 0.1) is 0 Å². The molecule has 0 aliphatic heterocycles. The van der Waals surface area contributed by atoms with Gasteiger partial charge < -0.3 is 10.1 Å². The first-order chi connectivity index (χ1) is 5.83. The zero-order valence-corrected chi connectivity index (χ0v) is 7.71. The van der Waals surface area contributed by atoms with Crippen LogP contribution < -0.4 is 5.32 Å². The number of esters is 1. The molecule has 70 valence electrons. The second kappa shape index (κ2) is 5.14. The van der Waals surface area contributed by atoms with Crippen LogP contribution >= 0.6 is 0 Å². The Labute approximate surface area is 73.5 Å². The molecule has 1 aliphatic carbocycles. The molecule has 0 unspecified atom stereocenters. The summed E-state index contributed by atoms with van der Waals surface area (Å²) in [6.45, 7) is 3.42. The molecule has 0 aromatic carbocycles. The van der Waals surface area contributed by atoms with Crippen LogP contribution in [-0.2, 0) is 9.53 Å². The molecule has 0 amide bonds. The summed E-state index contributed by atoms with van der Waals surface area (Å²) in [7, 11) is 0. The topological polar surface area (TPSA) is 42.9 Å². The largest absolute Gasteiger partial charge is 0.466 e. The predicted octanol–water partition coefficient (Wildman–Crippen LogP) is 0.0555. The molecule has 12 heavy (non-hydrogen) atoms. The Balaban J connectivity index is 1.83. The number of carbonyl (C=O) groups excluding carboxylic acids is 1. The van der Waals surface area contributed by atoms with Crippen molar-refractivity contribution in [1.82, 2.24) is 0 Å². The molecule has 0 heterocycles. The minimum absolute atomic E-state index is 0.0540. The zero-order chi connectivity index (χ0) is 8.81. The van der Waals surface area contributed by atoms with Gasteiger partial charge in [0.25, 0.3) is 0 Å². The lowest BCUT2D eigenvalue weighted by Gasteiger charge is -2.00. The molecule has 0 spiro atoms. The van der Waals surface area contributed by atoms with Gasteiger partial charge >= 0.3 is 5.97 Å². The Morgan fingerprint density at radius 3 is 2.92 bits per heavy atom. The Morgan fingerprint density at radius 1 is 1.58 bits per heavy atom. The van der Waals surface area contributed by atoms with Crippen molar-refractivity contribution in [3.05, 3.63) is 0 Å². The molecule has 0 atom stereocenters. The van der Waals surface area contributed by atoms with Gasteiger partial charge in [0.2, 0.25) is 0 Å². The second-order valence-electron chi connectivity index (χ2n) is 3.27. The standard InChI is InChI=1S/C9H17NO2/c1-2-12-9(11)4-3-7-10-8-5-6-8/h8,10H,2-7H2,1H3/p+1. The number of rotatable bonds is 6. The molecule has 0 aromatic rings. The summed E-state index contributed by atoms with van der Waals surface area (Å²) < 4.78 is 4.81. The summed E-state index contributed by atoms with van der Waals surface area (Å²) in [5.74, 6) is -0.0540. The number of hydrogen-bond acceptors (Lipinski definition) is 2. The van der Waals surface area contributed by atoms with E-state index in [1.54, 1.807) is 0 Å². The van der Waals surface area contributed by atoms with Gasteiger partial charge in [-0.1, -0.05) is 0 Å². The van der Waals surface area contributed by atoms with E-state index >= 15 is 0 Å². The van der Waals surface area contributed by atoms with Crippen molar-refractivity contribution in [3.63, 3.8) is 0 Å². The Morgan fingerprint density at radius 2 is 2.33 bits per heavy atom. The fraction of sp³-hybridized carbons (Fsp3) is 0.889. The molecule has 0 saturated heterocycles. The predicted molar refractivity (Wildman–Crippen MR) is 45.7 cm³/mol. The van der Waals surface area contributed by atoms with Crippen LogP contribution in [0.1, 0.15) is 32.6 Å². The van der Waals surface area contributed by atoms with Crippen molar-refractivity contribution in [2.45, 2.75) is 38.6 Å².